The van der Waals surface area contributed by atoms with Gasteiger partial charge in [0.25, 0.3) is 0 Å². The number of para-hydroxylation sites is 2. The van der Waals surface area contributed by atoms with Gasteiger partial charge in [-0.05, 0) is 54.2 Å². The summed E-state index contributed by atoms with van der Waals surface area (Å²) in [6.07, 6.45) is 2.91. The van der Waals surface area contributed by atoms with Crippen LogP contribution in [0, 0.1) is 0 Å². The van der Waals surface area contributed by atoms with Crippen molar-refractivity contribution in [2.75, 3.05) is 23.9 Å². The minimum absolute atomic E-state index is 0.0516. The Morgan fingerprint density at radius 1 is 1.00 bits per heavy atom. The number of benzene rings is 3. The monoisotopic (exact) mass is 490 g/mol. The third kappa shape index (κ3) is 6.48. The number of hydrogen-bond donors (Lipinski definition) is 2. The van der Waals surface area contributed by atoms with Crippen LogP contribution in [0.5, 0.6) is 0 Å². The van der Waals surface area contributed by atoms with Gasteiger partial charge in [-0.3, -0.25) is 4.79 Å². The third-order valence-electron chi connectivity index (χ3n) is 6.11. The molecule has 35 heavy (non-hydrogen) atoms. The molecule has 3 aromatic carbocycles. The summed E-state index contributed by atoms with van der Waals surface area (Å²) in [5, 5.41) is 3.44. The summed E-state index contributed by atoms with van der Waals surface area (Å²) in [6, 6.07) is 25.5. The second kappa shape index (κ2) is 10.7. The van der Waals surface area contributed by atoms with Crippen LogP contribution >= 0.6 is 0 Å². The van der Waals surface area contributed by atoms with E-state index in [0.717, 1.165) is 29.4 Å². The lowest BCUT2D eigenvalue weighted by atomic mass is 9.89. The van der Waals surface area contributed by atoms with Gasteiger partial charge in [-0.1, -0.05) is 54.6 Å². The number of nitrogens with zero attached hydrogens (tertiary/aromatic N) is 2. The first-order valence-electron chi connectivity index (χ1n) is 11.6. The maximum absolute atomic E-state index is 11.8. The Morgan fingerprint density at radius 2 is 1.69 bits per heavy atom. The Kier molecular flexibility index (Phi) is 7.51. The largest absolute Gasteiger partial charge is 0.366 e. The Morgan fingerprint density at radius 3 is 2.37 bits per heavy atom. The van der Waals surface area contributed by atoms with Gasteiger partial charge in [0.05, 0.1) is 16.8 Å². The van der Waals surface area contributed by atoms with Gasteiger partial charge in [-0.2, -0.15) is 0 Å². The number of carbonyl (C=O) groups excluding carboxylic acids is 1. The van der Waals surface area contributed by atoms with E-state index in [9.17, 15) is 13.2 Å². The average molecular weight is 491 g/mol. The fraction of sp³-hybridized carbons (Fsp3) is 0.259. The fourth-order valence-corrected chi connectivity index (χ4v) is 4.77. The van der Waals surface area contributed by atoms with Crippen LogP contribution < -0.4 is 11.1 Å². The van der Waals surface area contributed by atoms with E-state index >= 15 is 0 Å². The second-order valence-electron chi connectivity index (χ2n) is 8.79. The Hall–Kier alpha value is -3.65. The van der Waals surface area contributed by atoms with Crippen molar-refractivity contribution in [3.8, 4) is 0 Å². The molecule has 0 spiro atoms. The predicted molar refractivity (Wildman–Crippen MR) is 140 cm³/mol. The number of nitrogens with one attached hydrogen (secondary N) is 1. The molecule has 7 nitrogen and oxygen atoms in total. The van der Waals surface area contributed by atoms with Gasteiger partial charge < -0.3 is 15.6 Å². The highest BCUT2D eigenvalue weighted by Crippen LogP contribution is 2.26. The predicted octanol–water partition coefficient (Wildman–Crippen LogP) is 4.01. The topological polar surface area (TPSA) is 107 Å². The molecule has 4 aromatic rings. The number of fused-ring (bicyclic) bond motifs is 1. The number of nitrogens with two attached hydrogens (primary N) is 1. The lowest BCUT2D eigenvalue weighted by Crippen LogP contribution is -2.16. The van der Waals surface area contributed by atoms with Gasteiger partial charge in [0.1, 0.15) is 9.84 Å². The van der Waals surface area contributed by atoms with Crippen LogP contribution in [0.1, 0.15) is 33.8 Å². The van der Waals surface area contributed by atoms with Crippen molar-refractivity contribution in [3.05, 3.63) is 95.6 Å². The number of hydrogen-bond acceptors (Lipinski definition) is 5. The van der Waals surface area contributed by atoms with E-state index < -0.39 is 15.7 Å². The van der Waals surface area contributed by atoms with Crippen LogP contribution in [0.15, 0.2) is 78.9 Å². The smallest absolute Gasteiger partial charge is 0.248 e. The summed E-state index contributed by atoms with van der Waals surface area (Å²) in [6.45, 7) is 1.01. The van der Waals surface area contributed by atoms with Crippen molar-refractivity contribution < 1.29 is 13.2 Å². The minimum atomic E-state index is -3.10. The zero-order valence-corrected chi connectivity index (χ0v) is 20.5. The van der Waals surface area contributed by atoms with Crippen LogP contribution in [-0.4, -0.2) is 42.4 Å². The first kappa shape index (κ1) is 24.5. The molecule has 182 valence electrons. The normalized spacial score (nSPS) is 12.5. The number of sulfone groups is 1. The number of carbonyl (C=O) groups is 1. The van der Waals surface area contributed by atoms with E-state index in [0.29, 0.717) is 24.6 Å². The van der Waals surface area contributed by atoms with Gasteiger partial charge in [-0.25, -0.2) is 13.4 Å². The number of aryl methyl sites for hydroxylation is 1. The van der Waals surface area contributed by atoms with Crippen molar-refractivity contribution in [1.82, 2.24) is 9.55 Å². The summed E-state index contributed by atoms with van der Waals surface area (Å²) in [5.41, 5.74) is 9.98. The van der Waals surface area contributed by atoms with Gasteiger partial charge in [-0.15, -0.1) is 0 Å². The van der Waals surface area contributed by atoms with Crippen molar-refractivity contribution in [2.45, 2.75) is 25.3 Å². The maximum atomic E-state index is 11.8. The van der Waals surface area contributed by atoms with E-state index in [4.69, 9.17) is 10.7 Å². The van der Waals surface area contributed by atoms with Crippen LogP contribution in [-0.2, 0) is 22.8 Å². The van der Waals surface area contributed by atoms with Gasteiger partial charge in [0.2, 0.25) is 11.9 Å². The standard InChI is InChI=1S/C27H30N4O3S/c1-35(33,34)18-17-31-25-10-6-5-9-24(25)30-27(31)29-16-15-23(21-7-3-2-4-8-21)19-20-11-13-22(14-12-20)26(28)32/h2-14,23H,15-19H2,1H3,(H2,28,32)(H,29,30). The molecule has 0 saturated carbocycles. The molecule has 1 atom stereocenters. The van der Waals surface area contributed by atoms with Crippen LogP contribution in [0.2, 0.25) is 0 Å². The molecule has 0 aliphatic heterocycles. The molecule has 0 aliphatic rings. The van der Waals surface area contributed by atoms with E-state index in [1.54, 1.807) is 12.1 Å². The zero-order chi connectivity index (χ0) is 24.8. The fourth-order valence-electron chi connectivity index (χ4n) is 4.25. The number of primary amides is 1. The minimum Gasteiger partial charge on any atom is -0.366 e. The van der Waals surface area contributed by atoms with Crippen molar-refractivity contribution in [3.63, 3.8) is 0 Å². The quantitative estimate of drug-likeness (QED) is 0.330. The van der Waals surface area contributed by atoms with Crippen LogP contribution in [0.25, 0.3) is 11.0 Å². The van der Waals surface area contributed by atoms with E-state index in [-0.39, 0.29) is 11.7 Å². The first-order chi connectivity index (χ1) is 16.8. The summed E-state index contributed by atoms with van der Waals surface area (Å²) in [7, 11) is -3.10. The third-order valence-corrected chi connectivity index (χ3v) is 7.03. The molecule has 1 heterocycles. The molecule has 4 rings (SSSR count). The molecule has 0 bridgehead atoms. The van der Waals surface area contributed by atoms with Crippen molar-refractivity contribution in [1.29, 1.82) is 0 Å². The molecule has 1 unspecified atom stereocenters. The summed E-state index contributed by atoms with van der Waals surface area (Å²) in [5.74, 6) is 0.541. The number of amides is 1. The molecule has 1 amide bonds. The number of anilines is 1. The SMILES string of the molecule is CS(=O)(=O)CCn1c(NCCC(Cc2ccc(C(N)=O)cc2)c2ccccc2)nc2ccccc21. The van der Waals surface area contributed by atoms with E-state index in [2.05, 4.69) is 17.4 Å². The lowest BCUT2D eigenvalue weighted by molar-refractivity contribution is 0.1000. The highest BCUT2D eigenvalue weighted by Gasteiger charge is 2.16. The molecule has 8 heteroatoms. The lowest BCUT2D eigenvalue weighted by Gasteiger charge is -2.19. The molecular formula is C27H30N4O3S. The second-order valence-corrected chi connectivity index (χ2v) is 11.1. The summed E-state index contributed by atoms with van der Waals surface area (Å²) < 4.78 is 25.5. The van der Waals surface area contributed by atoms with Gasteiger partial charge >= 0.3 is 0 Å². The van der Waals surface area contributed by atoms with Crippen molar-refractivity contribution >= 4 is 32.7 Å². The first-order valence-corrected chi connectivity index (χ1v) is 13.7. The Bertz CT molecular complexity index is 1400. The van der Waals surface area contributed by atoms with E-state index in [1.165, 1.54) is 11.8 Å². The molecule has 3 N–H and O–H groups in total. The Balaban J connectivity index is 1.51. The molecule has 0 aliphatic carbocycles. The van der Waals surface area contributed by atoms with Crippen molar-refractivity contribution in [2.24, 2.45) is 5.73 Å². The maximum Gasteiger partial charge on any atom is 0.248 e. The number of imidazole rings is 1. The molecule has 0 radical (unpaired) electrons. The zero-order valence-electron chi connectivity index (χ0n) is 19.7. The van der Waals surface area contributed by atoms with E-state index in [1.807, 2.05) is 59.2 Å². The Labute approximate surface area is 205 Å². The molecule has 0 saturated heterocycles. The summed E-state index contributed by atoms with van der Waals surface area (Å²) in [4.78, 5) is 16.1. The average Bonchev–Trinajstić information content (AvgIpc) is 3.20. The molecular weight excluding hydrogens is 460 g/mol. The highest BCUT2D eigenvalue weighted by molar-refractivity contribution is 7.90. The van der Waals surface area contributed by atoms with Gasteiger partial charge in [0, 0.05) is 24.9 Å². The van der Waals surface area contributed by atoms with Crippen LogP contribution in [0.3, 0.4) is 0 Å². The number of aromatic nitrogens is 2. The highest BCUT2D eigenvalue weighted by atomic mass is 32.2. The van der Waals surface area contributed by atoms with Crippen LogP contribution in [0.4, 0.5) is 5.95 Å². The summed E-state index contributed by atoms with van der Waals surface area (Å²) >= 11 is 0. The number of rotatable bonds is 11. The molecule has 0 fully saturated rings. The molecule has 1 aromatic heterocycles. The van der Waals surface area contributed by atoms with Gasteiger partial charge in [0.15, 0.2) is 0 Å².